The molecule has 0 aliphatic heterocycles. The van der Waals surface area contributed by atoms with Crippen LogP contribution in [0.3, 0.4) is 0 Å². The molecule has 1 atom stereocenters. The van der Waals surface area contributed by atoms with E-state index >= 15 is 0 Å². The van der Waals surface area contributed by atoms with Gasteiger partial charge in [-0.3, -0.25) is 4.72 Å². The first-order valence-electron chi connectivity index (χ1n) is 7.94. The minimum absolute atomic E-state index is 0.0885. The second-order valence-electron chi connectivity index (χ2n) is 5.71. The van der Waals surface area contributed by atoms with Gasteiger partial charge in [-0.2, -0.15) is 0 Å². The molecule has 25 heavy (non-hydrogen) atoms. The number of nitrogens with one attached hydrogen (secondary N) is 2. The van der Waals surface area contributed by atoms with E-state index in [9.17, 15) is 8.42 Å². The van der Waals surface area contributed by atoms with E-state index in [-0.39, 0.29) is 10.9 Å². The van der Waals surface area contributed by atoms with Crippen LogP contribution in [0.15, 0.2) is 76.2 Å². The van der Waals surface area contributed by atoms with Gasteiger partial charge in [0.1, 0.15) is 5.76 Å². The molecule has 0 spiro atoms. The van der Waals surface area contributed by atoms with Gasteiger partial charge >= 0.3 is 0 Å². The van der Waals surface area contributed by atoms with Crippen molar-refractivity contribution in [1.82, 2.24) is 5.32 Å². The van der Waals surface area contributed by atoms with Crippen molar-refractivity contribution in [2.75, 3.05) is 11.8 Å². The number of furan rings is 1. The lowest BCUT2D eigenvalue weighted by atomic mass is 10.0. The Bertz CT molecular complexity index is 936. The van der Waals surface area contributed by atoms with E-state index in [2.05, 4.69) is 10.0 Å². The zero-order valence-electron chi connectivity index (χ0n) is 14.1. The fourth-order valence-electron chi connectivity index (χ4n) is 2.53. The number of rotatable bonds is 6. The lowest BCUT2D eigenvalue weighted by Crippen LogP contribution is -2.15. The summed E-state index contributed by atoms with van der Waals surface area (Å²) < 4.78 is 33.6. The fraction of sp³-hybridized carbons (Fsp3) is 0.158. The van der Waals surface area contributed by atoms with Crippen LogP contribution in [-0.4, -0.2) is 15.5 Å². The van der Waals surface area contributed by atoms with Crippen LogP contribution in [0.25, 0.3) is 11.3 Å². The van der Waals surface area contributed by atoms with E-state index in [0.717, 1.165) is 5.56 Å². The Morgan fingerprint density at radius 3 is 2.40 bits per heavy atom. The van der Waals surface area contributed by atoms with Crippen LogP contribution in [0.1, 0.15) is 18.5 Å². The molecular formula is C19H20N2O3S. The highest BCUT2D eigenvalue weighted by molar-refractivity contribution is 7.92. The van der Waals surface area contributed by atoms with Gasteiger partial charge < -0.3 is 9.73 Å². The highest BCUT2D eigenvalue weighted by Crippen LogP contribution is 2.32. The van der Waals surface area contributed by atoms with Gasteiger partial charge in [0, 0.05) is 11.6 Å². The first kappa shape index (κ1) is 17.3. The Morgan fingerprint density at radius 1 is 1.00 bits per heavy atom. The van der Waals surface area contributed by atoms with Crippen LogP contribution in [0, 0.1) is 0 Å². The van der Waals surface area contributed by atoms with Crippen LogP contribution >= 0.6 is 0 Å². The summed E-state index contributed by atoms with van der Waals surface area (Å²) in [5, 5.41) is 3.16. The van der Waals surface area contributed by atoms with E-state index in [4.69, 9.17) is 4.42 Å². The minimum Gasteiger partial charge on any atom is -0.464 e. The van der Waals surface area contributed by atoms with E-state index < -0.39 is 10.0 Å². The molecule has 1 heterocycles. The van der Waals surface area contributed by atoms with E-state index in [0.29, 0.717) is 17.0 Å². The largest absolute Gasteiger partial charge is 0.464 e. The Kier molecular flexibility index (Phi) is 4.92. The van der Waals surface area contributed by atoms with Gasteiger partial charge in [-0.1, -0.05) is 24.3 Å². The van der Waals surface area contributed by atoms with E-state index in [1.807, 2.05) is 32.2 Å². The molecule has 2 N–H and O–H groups in total. The molecular weight excluding hydrogens is 336 g/mol. The first-order chi connectivity index (χ1) is 12.0. The van der Waals surface area contributed by atoms with E-state index in [1.54, 1.807) is 48.7 Å². The summed E-state index contributed by atoms with van der Waals surface area (Å²) in [6, 6.07) is 17.6. The zero-order valence-corrected chi connectivity index (χ0v) is 14.9. The molecule has 0 radical (unpaired) electrons. The number of hydrogen-bond donors (Lipinski definition) is 2. The SMILES string of the molecule is CNC(C)c1ccc(-c2ccco2)c(NS(=O)(=O)c2ccccc2)c1. The molecule has 3 rings (SSSR count). The molecule has 0 bridgehead atoms. The van der Waals surface area contributed by atoms with Crippen LogP contribution < -0.4 is 10.0 Å². The number of sulfonamides is 1. The maximum atomic E-state index is 12.7. The van der Waals surface area contributed by atoms with Crippen LogP contribution in [0.5, 0.6) is 0 Å². The van der Waals surface area contributed by atoms with Gasteiger partial charge in [-0.15, -0.1) is 0 Å². The molecule has 2 aromatic carbocycles. The van der Waals surface area contributed by atoms with Gasteiger partial charge in [-0.05, 0) is 55.9 Å². The Morgan fingerprint density at radius 2 is 1.76 bits per heavy atom. The van der Waals surface area contributed by atoms with Gasteiger partial charge in [0.25, 0.3) is 10.0 Å². The third-order valence-corrected chi connectivity index (χ3v) is 5.44. The van der Waals surface area contributed by atoms with Crippen LogP contribution in [-0.2, 0) is 10.0 Å². The molecule has 1 unspecified atom stereocenters. The van der Waals surface area contributed by atoms with Gasteiger partial charge in [0.05, 0.1) is 16.8 Å². The number of benzene rings is 2. The summed E-state index contributed by atoms with van der Waals surface area (Å²) in [6.45, 7) is 2.01. The third kappa shape index (κ3) is 3.75. The third-order valence-electron chi connectivity index (χ3n) is 4.06. The number of anilines is 1. The molecule has 0 saturated heterocycles. The van der Waals surface area contributed by atoms with Crippen molar-refractivity contribution >= 4 is 15.7 Å². The lowest BCUT2D eigenvalue weighted by molar-refractivity contribution is 0.582. The second-order valence-corrected chi connectivity index (χ2v) is 7.39. The molecule has 3 aromatic rings. The molecule has 0 fully saturated rings. The number of hydrogen-bond acceptors (Lipinski definition) is 4. The summed E-state index contributed by atoms with van der Waals surface area (Å²) in [5.74, 6) is 0.606. The standard InChI is InChI=1S/C19H20N2O3S/c1-14(20-2)15-10-11-17(19-9-6-12-24-19)18(13-15)21-25(22,23)16-7-4-3-5-8-16/h3-14,20-21H,1-2H3. The summed E-state index contributed by atoms with van der Waals surface area (Å²) >= 11 is 0. The Balaban J connectivity index is 2.06. The lowest BCUT2D eigenvalue weighted by Gasteiger charge is -2.16. The second kappa shape index (κ2) is 7.13. The van der Waals surface area contributed by atoms with Crippen LogP contribution in [0.2, 0.25) is 0 Å². The van der Waals surface area contributed by atoms with Crippen molar-refractivity contribution in [2.45, 2.75) is 17.9 Å². The van der Waals surface area contributed by atoms with Crippen molar-refractivity contribution in [3.8, 4) is 11.3 Å². The van der Waals surface area contributed by atoms with Crippen molar-refractivity contribution in [1.29, 1.82) is 0 Å². The smallest absolute Gasteiger partial charge is 0.261 e. The van der Waals surface area contributed by atoms with Crippen molar-refractivity contribution in [3.05, 3.63) is 72.5 Å². The van der Waals surface area contributed by atoms with Gasteiger partial charge in [0.2, 0.25) is 0 Å². The molecule has 5 nitrogen and oxygen atoms in total. The molecule has 0 aliphatic carbocycles. The summed E-state index contributed by atoms with van der Waals surface area (Å²) in [5.41, 5.74) is 2.15. The molecule has 0 amide bonds. The highest BCUT2D eigenvalue weighted by Gasteiger charge is 2.18. The fourth-order valence-corrected chi connectivity index (χ4v) is 3.62. The quantitative estimate of drug-likeness (QED) is 0.699. The van der Waals surface area contributed by atoms with Gasteiger partial charge in [-0.25, -0.2) is 8.42 Å². The molecule has 0 aliphatic rings. The Hall–Kier alpha value is -2.57. The molecule has 130 valence electrons. The first-order valence-corrected chi connectivity index (χ1v) is 9.42. The summed E-state index contributed by atoms with van der Waals surface area (Å²) in [4.78, 5) is 0.215. The summed E-state index contributed by atoms with van der Waals surface area (Å²) in [7, 11) is -1.83. The topological polar surface area (TPSA) is 71.3 Å². The molecule has 1 aromatic heterocycles. The van der Waals surface area contributed by atoms with Crippen LogP contribution in [0.4, 0.5) is 5.69 Å². The average Bonchev–Trinajstić information content (AvgIpc) is 3.16. The highest BCUT2D eigenvalue weighted by atomic mass is 32.2. The predicted molar refractivity (Wildman–Crippen MR) is 98.9 cm³/mol. The summed E-state index contributed by atoms with van der Waals surface area (Å²) in [6.07, 6.45) is 1.56. The minimum atomic E-state index is -3.69. The van der Waals surface area contributed by atoms with Gasteiger partial charge in [0.15, 0.2) is 0 Å². The molecule has 6 heteroatoms. The van der Waals surface area contributed by atoms with E-state index in [1.165, 1.54) is 0 Å². The predicted octanol–water partition coefficient (Wildman–Crippen LogP) is 4.03. The normalized spacial score (nSPS) is 12.7. The zero-order chi connectivity index (χ0) is 17.9. The average molecular weight is 356 g/mol. The van der Waals surface area contributed by atoms with Crippen molar-refractivity contribution in [2.24, 2.45) is 0 Å². The maximum absolute atomic E-state index is 12.7. The van der Waals surface area contributed by atoms with Crippen molar-refractivity contribution < 1.29 is 12.8 Å². The monoisotopic (exact) mass is 356 g/mol. The molecule has 0 saturated carbocycles. The van der Waals surface area contributed by atoms with Crippen molar-refractivity contribution in [3.63, 3.8) is 0 Å². The maximum Gasteiger partial charge on any atom is 0.261 e. The Labute approximate surface area is 147 Å².